The number of rotatable bonds is 5. The molecule has 2 atom stereocenters. The smallest absolute Gasteiger partial charge is 0.120 e. The van der Waals surface area contributed by atoms with Crippen LogP contribution in [0.4, 0.5) is 0 Å². The van der Waals surface area contributed by atoms with Crippen LogP contribution in [-0.2, 0) is 0 Å². The first-order chi connectivity index (χ1) is 10.7. The van der Waals surface area contributed by atoms with E-state index in [1.807, 2.05) is 0 Å². The second kappa shape index (κ2) is 8.53. The van der Waals surface area contributed by atoms with E-state index < -0.39 is 0 Å². The van der Waals surface area contributed by atoms with E-state index in [0.29, 0.717) is 12.0 Å². The van der Waals surface area contributed by atoms with E-state index >= 15 is 0 Å². The summed E-state index contributed by atoms with van der Waals surface area (Å²) in [5, 5.41) is 2.49. The van der Waals surface area contributed by atoms with Crippen LogP contribution < -0.4 is 10.5 Å². The minimum atomic E-state index is 0. The van der Waals surface area contributed by atoms with Crippen LogP contribution in [0.25, 0.3) is 10.8 Å². The van der Waals surface area contributed by atoms with Crippen LogP contribution >= 0.6 is 12.4 Å². The Morgan fingerprint density at radius 3 is 2.78 bits per heavy atom. The third kappa shape index (κ3) is 4.84. The molecule has 126 valence electrons. The molecule has 0 saturated carbocycles. The second-order valence-corrected chi connectivity index (χ2v) is 6.42. The predicted octanol–water partition coefficient (Wildman–Crippen LogP) is 3.70. The number of likely N-dealkylation sites (tertiary alicyclic amines) is 1. The number of fused-ring (bicyclic) bond motifs is 1. The van der Waals surface area contributed by atoms with E-state index in [-0.39, 0.29) is 12.4 Å². The summed E-state index contributed by atoms with van der Waals surface area (Å²) in [5.74, 6) is 1.59. The molecule has 2 aromatic carbocycles. The van der Waals surface area contributed by atoms with Crippen molar-refractivity contribution >= 4 is 23.2 Å². The van der Waals surface area contributed by atoms with Crippen LogP contribution in [0.2, 0.25) is 0 Å². The van der Waals surface area contributed by atoms with E-state index in [4.69, 9.17) is 10.5 Å². The highest BCUT2D eigenvalue weighted by Gasteiger charge is 2.22. The highest BCUT2D eigenvalue weighted by molar-refractivity contribution is 5.85. The summed E-state index contributed by atoms with van der Waals surface area (Å²) in [6, 6.07) is 15.0. The average molecular weight is 335 g/mol. The van der Waals surface area contributed by atoms with Gasteiger partial charge in [-0.05, 0) is 55.1 Å². The maximum absolute atomic E-state index is 6.04. The molecule has 1 aliphatic rings. The Labute approximate surface area is 145 Å². The third-order valence-corrected chi connectivity index (χ3v) is 4.68. The molecule has 0 amide bonds. The summed E-state index contributed by atoms with van der Waals surface area (Å²) in [6.07, 6.45) is 2.52. The molecule has 4 heteroatoms. The van der Waals surface area contributed by atoms with Gasteiger partial charge in [-0.1, -0.05) is 30.3 Å². The Hall–Kier alpha value is -1.29. The van der Waals surface area contributed by atoms with Crippen LogP contribution in [0.15, 0.2) is 42.5 Å². The number of ether oxygens (including phenoxy) is 1. The molecule has 3 rings (SSSR count). The van der Waals surface area contributed by atoms with Gasteiger partial charge in [0.15, 0.2) is 0 Å². The van der Waals surface area contributed by atoms with Crippen molar-refractivity contribution in [1.29, 1.82) is 0 Å². The molecule has 2 unspecified atom stereocenters. The average Bonchev–Trinajstić information content (AvgIpc) is 2.55. The molecule has 0 radical (unpaired) electrons. The lowest BCUT2D eigenvalue weighted by Gasteiger charge is -2.34. The zero-order chi connectivity index (χ0) is 15.4. The number of nitrogens with two attached hydrogens (primary N) is 1. The molecule has 0 spiro atoms. The molecule has 1 fully saturated rings. The SMILES string of the molecule is CC(N)C1CCCN(CCOc2ccc3ccccc3c2)C1.Cl. The summed E-state index contributed by atoms with van der Waals surface area (Å²) < 4.78 is 5.94. The standard InChI is InChI=1S/C19H26N2O.ClH/c1-15(20)18-7-4-10-21(14-18)11-12-22-19-9-8-16-5-2-3-6-17(16)13-19;/h2-3,5-6,8-9,13,15,18H,4,7,10-12,14,20H2,1H3;1H. The van der Waals surface area contributed by atoms with E-state index in [2.05, 4.69) is 54.3 Å². The first-order valence-corrected chi connectivity index (χ1v) is 8.32. The minimum Gasteiger partial charge on any atom is -0.492 e. The highest BCUT2D eigenvalue weighted by atomic mass is 35.5. The highest BCUT2D eigenvalue weighted by Crippen LogP contribution is 2.21. The summed E-state index contributed by atoms with van der Waals surface area (Å²) in [4.78, 5) is 2.48. The number of halogens is 1. The number of nitrogens with zero attached hydrogens (tertiary/aromatic N) is 1. The summed E-state index contributed by atoms with van der Waals surface area (Å²) in [5.41, 5.74) is 6.04. The van der Waals surface area contributed by atoms with Crippen molar-refractivity contribution < 1.29 is 4.74 Å². The van der Waals surface area contributed by atoms with Crippen molar-refractivity contribution in [2.45, 2.75) is 25.8 Å². The van der Waals surface area contributed by atoms with Gasteiger partial charge >= 0.3 is 0 Å². The van der Waals surface area contributed by atoms with E-state index in [9.17, 15) is 0 Å². The molecule has 3 nitrogen and oxygen atoms in total. The molecule has 0 aliphatic carbocycles. The van der Waals surface area contributed by atoms with Crippen LogP contribution in [0.5, 0.6) is 5.75 Å². The molecule has 1 aliphatic heterocycles. The zero-order valence-corrected chi connectivity index (χ0v) is 14.6. The predicted molar refractivity (Wildman–Crippen MR) is 99.5 cm³/mol. The maximum Gasteiger partial charge on any atom is 0.120 e. The van der Waals surface area contributed by atoms with E-state index in [1.165, 1.54) is 30.2 Å². The second-order valence-electron chi connectivity index (χ2n) is 6.42. The number of benzene rings is 2. The van der Waals surface area contributed by atoms with Crippen molar-refractivity contribution in [2.75, 3.05) is 26.2 Å². The van der Waals surface area contributed by atoms with Gasteiger partial charge in [-0.15, -0.1) is 12.4 Å². The van der Waals surface area contributed by atoms with Gasteiger partial charge in [-0.3, -0.25) is 4.90 Å². The molecule has 0 aromatic heterocycles. The molecular formula is C19H27ClN2O. The van der Waals surface area contributed by atoms with Gasteiger partial charge in [0, 0.05) is 19.1 Å². The van der Waals surface area contributed by atoms with E-state index in [0.717, 1.165) is 25.4 Å². The van der Waals surface area contributed by atoms with Crippen molar-refractivity contribution in [3.05, 3.63) is 42.5 Å². The molecule has 1 saturated heterocycles. The summed E-state index contributed by atoms with van der Waals surface area (Å²) in [6.45, 7) is 6.13. The van der Waals surface area contributed by atoms with Gasteiger partial charge in [-0.2, -0.15) is 0 Å². The fourth-order valence-electron chi connectivity index (χ4n) is 3.27. The van der Waals surface area contributed by atoms with Gasteiger partial charge in [0.25, 0.3) is 0 Å². The Balaban J connectivity index is 0.00000192. The number of hydrogen-bond acceptors (Lipinski definition) is 3. The van der Waals surface area contributed by atoms with Crippen LogP contribution in [0.1, 0.15) is 19.8 Å². The van der Waals surface area contributed by atoms with Gasteiger partial charge in [0.05, 0.1) is 0 Å². The number of hydrogen-bond donors (Lipinski definition) is 1. The molecule has 2 N–H and O–H groups in total. The molecular weight excluding hydrogens is 308 g/mol. The van der Waals surface area contributed by atoms with Crippen LogP contribution in [-0.4, -0.2) is 37.2 Å². The van der Waals surface area contributed by atoms with Crippen molar-refractivity contribution in [3.63, 3.8) is 0 Å². The van der Waals surface area contributed by atoms with Gasteiger partial charge < -0.3 is 10.5 Å². The topological polar surface area (TPSA) is 38.5 Å². The Morgan fingerprint density at radius 2 is 2.00 bits per heavy atom. The zero-order valence-electron chi connectivity index (χ0n) is 13.8. The quantitative estimate of drug-likeness (QED) is 0.906. The monoisotopic (exact) mass is 334 g/mol. The first kappa shape index (κ1) is 18.1. The fraction of sp³-hybridized carbons (Fsp3) is 0.474. The summed E-state index contributed by atoms with van der Waals surface area (Å²) in [7, 11) is 0. The number of piperidine rings is 1. The lowest BCUT2D eigenvalue weighted by Crippen LogP contribution is -2.43. The fourth-order valence-corrected chi connectivity index (χ4v) is 3.27. The third-order valence-electron chi connectivity index (χ3n) is 4.68. The van der Waals surface area contributed by atoms with Gasteiger partial charge in [0.2, 0.25) is 0 Å². The van der Waals surface area contributed by atoms with Gasteiger partial charge in [-0.25, -0.2) is 0 Å². The lowest BCUT2D eigenvalue weighted by atomic mass is 9.92. The maximum atomic E-state index is 6.04. The van der Waals surface area contributed by atoms with Crippen molar-refractivity contribution in [3.8, 4) is 5.75 Å². The van der Waals surface area contributed by atoms with Gasteiger partial charge in [0.1, 0.15) is 12.4 Å². The first-order valence-electron chi connectivity index (χ1n) is 8.32. The molecule has 1 heterocycles. The van der Waals surface area contributed by atoms with Crippen LogP contribution in [0, 0.1) is 5.92 Å². The minimum absolute atomic E-state index is 0. The normalized spacial score (nSPS) is 20.0. The molecule has 23 heavy (non-hydrogen) atoms. The van der Waals surface area contributed by atoms with Crippen molar-refractivity contribution in [1.82, 2.24) is 4.90 Å². The Bertz CT molecular complexity index is 617. The summed E-state index contributed by atoms with van der Waals surface area (Å²) >= 11 is 0. The molecule has 0 bridgehead atoms. The lowest BCUT2D eigenvalue weighted by molar-refractivity contribution is 0.137. The van der Waals surface area contributed by atoms with Crippen molar-refractivity contribution in [2.24, 2.45) is 11.7 Å². The Kier molecular flexibility index (Phi) is 6.70. The largest absolute Gasteiger partial charge is 0.492 e. The molecule has 2 aromatic rings. The van der Waals surface area contributed by atoms with Crippen LogP contribution in [0.3, 0.4) is 0 Å². The Morgan fingerprint density at radius 1 is 1.22 bits per heavy atom. The van der Waals surface area contributed by atoms with E-state index in [1.54, 1.807) is 0 Å².